The van der Waals surface area contributed by atoms with Gasteiger partial charge in [0.1, 0.15) is 30.4 Å². The summed E-state index contributed by atoms with van der Waals surface area (Å²) < 4.78 is 35.3. The SMILES string of the molecule is Cc1cc(-n2c3c(c4c(OCc5ccccc5)cccc42)C2(CC(OCC(=O)O)C2)OCC3(C)C)ccc1F. The molecule has 1 aliphatic carbocycles. The Balaban J connectivity index is 1.55. The minimum Gasteiger partial charge on any atom is -0.488 e. The van der Waals surface area contributed by atoms with Gasteiger partial charge in [-0.2, -0.15) is 0 Å². The molecule has 0 saturated heterocycles. The number of halogens is 1. The smallest absolute Gasteiger partial charge is 0.329 e. The summed E-state index contributed by atoms with van der Waals surface area (Å²) in [6.45, 7) is 6.66. The van der Waals surface area contributed by atoms with Crippen molar-refractivity contribution in [3.05, 3.63) is 94.9 Å². The number of nitrogens with zero attached hydrogens (tertiary/aromatic N) is 1. The molecular formula is C32H32FNO5. The Kier molecular flexibility index (Phi) is 6.24. The molecular weight excluding hydrogens is 497 g/mol. The van der Waals surface area contributed by atoms with E-state index in [0.717, 1.165) is 39.2 Å². The van der Waals surface area contributed by atoms with Gasteiger partial charge in [-0.05, 0) is 48.4 Å². The van der Waals surface area contributed by atoms with Gasteiger partial charge < -0.3 is 23.9 Å². The van der Waals surface area contributed by atoms with E-state index in [1.165, 1.54) is 6.07 Å². The van der Waals surface area contributed by atoms with Gasteiger partial charge in [-0.15, -0.1) is 0 Å². The van der Waals surface area contributed by atoms with Crippen LogP contribution in [0, 0.1) is 12.7 Å². The van der Waals surface area contributed by atoms with Gasteiger partial charge in [0, 0.05) is 40.6 Å². The summed E-state index contributed by atoms with van der Waals surface area (Å²) in [5.74, 6) is -0.476. The number of fused-ring (bicyclic) bond motifs is 4. The lowest BCUT2D eigenvalue weighted by molar-refractivity contribution is -0.198. The van der Waals surface area contributed by atoms with E-state index < -0.39 is 11.6 Å². The maximum absolute atomic E-state index is 14.3. The molecule has 39 heavy (non-hydrogen) atoms. The predicted octanol–water partition coefficient (Wildman–Crippen LogP) is 6.42. The first-order chi connectivity index (χ1) is 18.7. The summed E-state index contributed by atoms with van der Waals surface area (Å²) in [5.41, 5.74) is 4.65. The van der Waals surface area contributed by atoms with Gasteiger partial charge in [-0.25, -0.2) is 9.18 Å². The zero-order valence-corrected chi connectivity index (χ0v) is 22.4. The van der Waals surface area contributed by atoms with Gasteiger partial charge in [0.05, 0.1) is 18.2 Å². The second kappa shape index (κ2) is 9.50. The Bertz CT molecular complexity index is 1550. The van der Waals surface area contributed by atoms with Crippen LogP contribution in [0.3, 0.4) is 0 Å². The fourth-order valence-electron chi connectivity index (χ4n) is 6.05. The average Bonchev–Trinajstić information content (AvgIpc) is 3.26. The first-order valence-electron chi connectivity index (χ1n) is 13.3. The van der Waals surface area contributed by atoms with E-state index in [0.29, 0.717) is 31.6 Å². The Morgan fingerprint density at radius 2 is 1.87 bits per heavy atom. The first kappa shape index (κ1) is 25.6. The van der Waals surface area contributed by atoms with Gasteiger partial charge in [0.2, 0.25) is 0 Å². The molecule has 0 amide bonds. The van der Waals surface area contributed by atoms with E-state index in [1.807, 2.05) is 54.6 Å². The lowest BCUT2D eigenvalue weighted by Crippen LogP contribution is -2.54. The maximum atomic E-state index is 14.3. The normalized spacial score (nSPS) is 21.5. The van der Waals surface area contributed by atoms with Crippen LogP contribution in [0.15, 0.2) is 66.7 Å². The number of carboxylic acids is 1. The first-order valence-corrected chi connectivity index (χ1v) is 13.3. The number of carboxylic acid groups (broad SMARTS) is 1. The highest BCUT2D eigenvalue weighted by molar-refractivity contribution is 5.94. The zero-order chi connectivity index (χ0) is 27.4. The minimum atomic E-state index is -0.984. The second-order valence-corrected chi connectivity index (χ2v) is 11.3. The van der Waals surface area contributed by atoms with Crippen LogP contribution in [0.2, 0.25) is 0 Å². The van der Waals surface area contributed by atoms with Crippen molar-refractivity contribution in [3.63, 3.8) is 0 Å². The molecule has 0 bridgehead atoms. The van der Waals surface area contributed by atoms with E-state index in [9.17, 15) is 9.18 Å². The molecule has 6 nitrogen and oxygen atoms in total. The molecule has 0 atom stereocenters. The Labute approximate surface area is 226 Å². The number of hydrogen-bond donors (Lipinski definition) is 1. The largest absolute Gasteiger partial charge is 0.488 e. The van der Waals surface area contributed by atoms with E-state index >= 15 is 0 Å². The van der Waals surface area contributed by atoms with Crippen LogP contribution in [-0.4, -0.2) is 35.0 Å². The molecule has 2 heterocycles. The Morgan fingerprint density at radius 1 is 1.10 bits per heavy atom. The summed E-state index contributed by atoms with van der Waals surface area (Å²) in [7, 11) is 0. The van der Waals surface area contributed by atoms with Crippen LogP contribution >= 0.6 is 0 Å². The zero-order valence-electron chi connectivity index (χ0n) is 22.4. The number of aromatic nitrogens is 1. The van der Waals surface area contributed by atoms with Gasteiger partial charge in [-0.1, -0.05) is 50.2 Å². The van der Waals surface area contributed by atoms with Crippen molar-refractivity contribution in [1.82, 2.24) is 4.57 Å². The monoisotopic (exact) mass is 529 g/mol. The fourth-order valence-corrected chi connectivity index (χ4v) is 6.05. The minimum absolute atomic E-state index is 0.209. The molecule has 7 heteroatoms. The third kappa shape index (κ3) is 4.39. The van der Waals surface area contributed by atoms with Crippen LogP contribution in [0.25, 0.3) is 16.6 Å². The molecule has 1 aliphatic heterocycles. The molecule has 1 saturated carbocycles. The van der Waals surface area contributed by atoms with Crippen molar-refractivity contribution in [2.45, 2.75) is 57.3 Å². The molecule has 4 aromatic rings. The van der Waals surface area contributed by atoms with E-state index in [4.69, 9.17) is 19.3 Å². The Hall–Kier alpha value is -3.68. The van der Waals surface area contributed by atoms with Crippen molar-refractivity contribution in [3.8, 4) is 11.4 Å². The number of carbonyl (C=O) groups is 1. The highest BCUT2D eigenvalue weighted by Crippen LogP contribution is 2.57. The summed E-state index contributed by atoms with van der Waals surface area (Å²) in [4.78, 5) is 11.1. The average molecular weight is 530 g/mol. The van der Waals surface area contributed by atoms with Crippen LogP contribution in [-0.2, 0) is 31.9 Å². The molecule has 2 aliphatic rings. The molecule has 1 aromatic heterocycles. The van der Waals surface area contributed by atoms with Crippen LogP contribution in [0.1, 0.15) is 49.1 Å². The lowest BCUT2D eigenvalue weighted by atomic mass is 9.67. The summed E-state index contributed by atoms with van der Waals surface area (Å²) in [6.07, 6.45) is 0.898. The van der Waals surface area contributed by atoms with Gasteiger partial charge >= 0.3 is 5.97 Å². The second-order valence-electron chi connectivity index (χ2n) is 11.3. The molecule has 3 aromatic carbocycles. The molecule has 0 radical (unpaired) electrons. The van der Waals surface area contributed by atoms with Crippen LogP contribution < -0.4 is 4.74 Å². The van der Waals surface area contributed by atoms with E-state index in [1.54, 1.807) is 6.92 Å². The van der Waals surface area contributed by atoms with Crippen molar-refractivity contribution in [2.75, 3.05) is 13.2 Å². The number of rotatable bonds is 7. The highest BCUT2D eigenvalue weighted by atomic mass is 19.1. The lowest BCUT2D eigenvalue weighted by Gasteiger charge is -2.52. The summed E-state index contributed by atoms with van der Waals surface area (Å²) >= 11 is 0. The van der Waals surface area contributed by atoms with Crippen LogP contribution in [0.5, 0.6) is 5.75 Å². The number of hydrogen-bond acceptors (Lipinski definition) is 4. The summed E-state index contributed by atoms with van der Waals surface area (Å²) in [6, 6.07) is 21.3. The van der Waals surface area contributed by atoms with Crippen molar-refractivity contribution >= 4 is 16.9 Å². The molecule has 1 N–H and O–H groups in total. The molecule has 202 valence electrons. The van der Waals surface area contributed by atoms with Crippen molar-refractivity contribution in [2.24, 2.45) is 0 Å². The third-order valence-electron chi connectivity index (χ3n) is 7.96. The number of aryl methyl sites for hydroxylation is 1. The van der Waals surface area contributed by atoms with Gasteiger partial charge in [0.15, 0.2) is 0 Å². The maximum Gasteiger partial charge on any atom is 0.329 e. The number of benzene rings is 3. The van der Waals surface area contributed by atoms with E-state index in [-0.39, 0.29) is 23.9 Å². The molecule has 0 unspecified atom stereocenters. The van der Waals surface area contributed by atoms with Crippen molar-refractivity contribution in [1.29, 1.82) is 0 Å². The Morgan fingerprint density at radius 3 is 2.59 bits per heavy atom. The fraction of sp³-hybridized carbons (Fsp3) is 0.344. The standard InChI is InChI=1S/C32H32FNO5/c1-20-14-22(12-13-24(20)33)34-25-10-7-11-26(38-17-21-8-5-4-6-9-21)28(25)29-30(34)31(2,3)19-39-32(29)15-23(16-32)37-18-27(35)36/h4-14,23H,15-19H2,1-3H3,(H,35,36). The molecule has 1 fully saturated rings. The predicted molar refractivity (Wildman–Crippen MR) is 146 cm³/mol. The quantitative estimate of drug-likeness (QED) is 0.299. The topological polar surface area (TPSA) is 69.9 Å². The summed E-state index contributed by atoms with van der Waals surface area (Å²) in [5, 5.41) is 10.1. The van der Waals surface area contributed by atoms with E-state index in [2.05, 4.69) is 24.5 Å². The van der Waals surface area contributed by atoms with Gasteiger partial charge in [0.25, 0.3) is 0 Å². The number of ether oxygens (including phenoxy) is 3. The van der Waals surface area contributed by atoms with Crippen LogP contribution in [0.4, 0.5) is 4.39 Å². The molecule has 6 rings (SSSR count). The number of aliphatic carboxylic acids is 1. The van der Waals surface area contributed by atoms with Crippen molar-refractivity contribution < 1.29 is 28.5 Å². The third-order valence-corrected chi connectivity index (χ3v) is 7.96. The van der Waals surface area contributed by atoms with Gasteiger partial charge in [-0.3, -0.25) is 0 Å². The molecule has 1 spiro atoms. The highest BCUT2D eigenvalue weighted by Gasteiger charge is 2.56.